The Morgan fingerprint density at radius 2 is 2.29 bits per heavy atom. The summed E-state index contributed by atoms with van der Waals surface area (Å²) in [4.78, 5) is 0. The van der Waals surface area contributed by atoms with E-state index < -0.39 is 0 Å². The van der Waals surface area contributed by atoms with Crippen LogP contribution in [0.15, 0.2) is 0 Å². The first-order valence-corrected chi connectivity index (χ1v) is 2.89. The molecule has 2 unspecified atom stereocenters. The summed E-state index contributed by atoms with van der Waals surface area (Å²) in [6, 6.07) is 0.529. The molecule has 0 aliphatic heterocycles. The highest BCUT2D eigenvalue weighted by molar-refractivity contribution is 4.89. The van der Waals surface area contributed by atoms with Gasteiger partial charge in [0.15, 0.2) is 0 Å². The van der Waals surface area contributed by atoms with Gasteiger partial charge in [0.2, 0.25) is 0 Å². The highest BCUT2D eigenvalue weighted by atomic mass is 14.7. The molecule has 0 saturated heterocycles. The Kier molecular flexibility index (Phi) is 1.24. The van der Waals surface area contributed by atoms with Crippen molar-refractivity contribution in [1.29, 1.82) is 0 Å². The van der Waals surface area contributed by atoms with Crippen molar-refractivity contribution in [2.45, 2.75) is 25.3 Å². The molecular formula is C6H12N+. The van der Waals surface area contributed by atoms with E-state index >= 15 is 0 Å². The van der Waals surface area contributed by atoms with E-state index in [-0.39, 0.29) is 0 Å². The summed E-state index contributed by atoms with van der Waals surface area (Å²) in [7, 11) is 0. The minimum Gasteiger partial charge on any atom is -0.327 e. The van der Waals surface area contributed by atoms with Crippen LogP contribution in [-0.2, 0) is 0 Å². The fourth-order valence-electron chi connectivity index (χ4n) is 0.865. The Hall–Kier alpha value is -0.170. The molecule has 1 heteroatoms. The Labute approximate surface area is 44.9 Å². The van der Waals surface area contributed by atoms with Gasteiger partial charge < -0.3 is 5.73 Å². The van der Waals surface area contributed by atoms with Crippen LogP contribution < -0.4 is 5.73 Å². The van der Waals surface area contributed by atoms with Gasteiger partial charge >= 0.3 is 0 Å². The molecule has 0 aromatic rings. The summed E-state index contributed by atoms with van der Waals surface area (Å²) in [5, 5.41) is 0. The molecular weight excluding hydrogens is 86.1 g/mol. The number of hydrogen-bond donors (Lipinski definition) is 1. The molecule has 7 heavy (non-hydrogen) atoms. The van der Waals surface area contributed by atoms with Crippen LogP contribution >= 0.6 is 0 Å². The molecule has 0 radical (unpaired) electrons. The molecule has 40 valence electrons. The highest BCUT2D eigenvalue weighted by Crippen LogP contribution is 2.31. The van der Waals surface area contributed by atoms with E-state index in [1.807, 2.05) is 0 Å². The van der Waals surface area contributed by atoms with Crippen LogP contribution in [-0.4, -0.2) is 6.04 Å². The van der Waals surface area contributed by atoms with Crippen molar-refractivity contribution in [2.24, 2.45) is 11.7 Å². The molecule has 1 aliphatic rings. The van der Waals surface area contributed by atoms with Crippen LogP contribution in [0.2, 0.25) is 0 Å². The van der Waals surface area contributed by atoms with Crippen molar-refractivity contribution in [3.8, 4) is 0 Å². The fraction of sp³-hybridized carbons (Fsp3) is 0.833. The second-order valence-corrected chi connectivity index (χ2v) is 2.30. The summed E-state index contributed by atoms with van der Waals surface area (Å²) in [5.74, 6) is 0.831. The van der Waals surface area contributed by atoms with Gasteiger partial charge in [0.05, 0.1) is 13.3 Å². The fourth-order valence-corrected chi connectivity index (χ4v) is 0.865. The van der Waals surface area contributed by atoms with Gasteiger partial charge in [-0.2, -0.15) is 0 Å². The number of rotatable bonds is 2. The third-order valence-corrected chi connectivity index (χ3v) is 1.55. The molecule has 0 amide bonds. The topological polar surface area (TPSA) is 26.0 Å². The maximum absolute atomic E-state index is 5.52. The lowest BCUT2D eigenvalue weighted by molar-refractivity contribution is 0.710. The summed E-state index contributed by atoms with van der Waals surface area (Å²) in [6.45, 7) is 3.74. The summed E-state index contributed by atoms with van der Waals surface area (Å²) in [5.41, 5.74) is 5.52. The van der Waals surface area contributed by atoms with Gasteiger partial charge in [-0.1, -0.05) is 0 Å². The largest absolute Gasteiger partial charge is 0.327 e. The average Bonchev–Trinajstić information content (AvgIpc) is 2.22. The van der Waals surface area contributed by atoms with Crippen LogP contribution in [0.25, 0.3) is 0 Å². The van der Waals surface area contributed by atoms with E-state index in [0.717, 1.165) is 12.3 Å². The second kappa shape index (κ2) is 1.74. The van der Waals surface area contributed by atoms with Crippen LogP contribution in [0, 0.1) is 12.8 Å². The lowest BCUT2D eigenvalue weighted by Crippen LogP contribution is -2.00. The van der Waals surface area contributed by atoms with Crippen molar-refractivity contribution >= 4 is 0 Å². The lowest BCUT2D eigenvalue weighted by Gasteiger charge is -1.82. The molecule has 0 aromatic carbocycles. The Morgan fingerprint density at radius 1 is 1.71 bits per heavy atom. The van der Waals surface area contributed by atoms with Crippen molar-refractivity contribution in [3.63, 3.8) is 0 Å². The minimum atomic E-state index is 0.529. The Morgan fingerprint density at radius 3 is 2.43 bits per heavy atom. The zero-order chi connectivity index (χ0) is 5.28. The maximum atomic E-state index is 5.52. The van der Waals surface area contributed by atoms with Gasteiger partial charge in [0, 0.05) is 6.04 Å². The molecule has 0 aromatic heterocycles. The molecule has 1 fully saturated rings. The normalized spacial score (nSPS) is 38.4. The van der Waals surface area contributed by atoms with Crippen LogP contribution in [0.4, 0.5) is 0 Å². The third kappa shape index (κ3) is 1.10. The monoisotopic (exact) mass is 98.1 g/mol. The van der Waals surface area contributed by atoms with E-state index in [0.29, 0.717) is 6.04 Å². The molecule has 0 spiro atoms. The van der Waals surface area contributed by atoms with Gasteiger partial charge in [-0.25, -0.2) is 0 Å². The predicted octanol–water partition coefficient (Wildman–Crippen LogP) is 0.948. The van der Waals surface area contributed by atoms with E-state index in [1.165, 1.54) is 12.8 Å². The number of hydrogen-bond acceptors (Lipinski definition) is 1. The van der Waals surface area contributed by atoms with Crippen molar-refractivity contribution < 1.29 is 0 Å². The summed E-state index contributed by atoms with van der Waals surface area (Å²) < 4.78 is 0. The van der Waals surface area contributed by atoms with Gasteiger partial charge in [0.1, 0.15) is 0 Å². The van der Waals surface area contributed by atoms with E-state index in [1.54, 1.807) is 0 Å². The molecule has 2 N–H and O–H groups in total. The first kappa shape index (κ1) is 4.98. The zero-order valence-electron chi connectivity index (χ0n) is 4.56. The SMILES string of the molecule is [CH2+]CCC1CC1N. The molecule has 1 rings (SSSR count). The van der Waals surface area contributed by atoms with Gasteiger partial charge in [-0.15, -0.1) is 0 Å². The molecule has 2 atom stereocenters. The lowest BCUT2D eigenvalue weighted by atomic mass is 10.2. The van der Waals surface area contributed by atoms with Gasteiger partial charge in [-0.05, 0) is 18.8 Å². The summed E-state index contributed by atoms with van der Waals surface area (Å²) >= 11 is 0. The highest BCUT2D eigenvalue weighted by Gasteiger charge is 2.32. The Bertz CT molecular complexity index is 61.2. The predicted molar refractivity (Wildman–Crippen MR) is 30.7 cm³/mol. The van der Waals surface area contributed by atoms with E-state index in [2.05, 4.69) is 6.92 Å². The van der Waals surface area contributed by atoms with Gasteiger partial charge in [0.25, 0.3) is 0 Å². The first-order chi connectivity index (χ1) is 3.34. The second-order valence-electron chi connectivity index (χ2n) is 2.30. The van der Waals surface area contributed by atoms with Crippen molar-refractivity contribution in [3.05, 3.63) is 6.92 Å². The maximum Gasteiger partial charge on any atom is 0.0853 e. The summed E-state index contributed by atoms with van der Waals surface area (Å²) in [6.07, 6.45) is 3.54. The Balaban J connectivity index is 1.98. The standard InChI is InChI=1S/C6H12N/c1-2-3-5-4-6(5)7/h5-6H,1-4,7H2/q+1. The third-order valence-electron chi connectivity index (χ3n) is 1.55. The quantitative estimate of drug-likeness (QED) is 0.511. The number of nitrogens with two attached hydrogens (primary N) is 1. The van der Waals surface area contributed by atoms with E-state index in [4.69, 9.17) is 5.73 Å². The molecule has 1 aliphatic carbocycles. The van der Waals surface area contributed by atoms with Gasteiger partial charge in [-0.3, -0.25) is 0 Å². The first-order valence-electron chi connectivity index (χ1n) is 2.89. The molecule has 1 saturated carbocycles. The van der Waals surface area contributed by atoms with Crippen LogP contribution in [0.5, 0.6) is 0 Å². The zero-order valence-corrected chi connectivity index (χ0v) is 4.56. The van der Waals surface area contributed by atoms with Crippen molar-refractivity contribution in [2.75, 3.05) is 0 Å². The van der Waals surface area contributed by atoms with Crippen LogP contribution in [0.1, 0.15) is 19.3 Å². The average molecular weight is 98.2 g/mol. The molecule has 0 bridgehead atoms. The van der Waals surface area contributed by atoms with E-state index in [9.17, 15) is 0 Å². The molecule has 0 heterocycles. The minimum absolute atomic E-state index is 0.529. The van der Waals surface area contributed by atoms with Crippen molar-refractivity contribution in [1.82, 2.24) is 0 Å². The molecule has 1 nitrogen and oxygen atoms in total. The smallest absolute Gasteiger partial charge is 0.0853 e. The van der Waals surface area contributed by atoms with Crippen LogP contribution in [0.3, 0.4) is 0 Å².